The smallest absolute Gasteiger partial charge is 0.123 e. The number of rotatable bonds is 0. The number of allylic oxidation sites excluding steroid dienone is 1. The first kappa shape index (κ1) is 8.36. The van der Waals surface area contributed by atoms with Crippen molar-refractivity contribution in [3.8, 4) is 5.75 Å². The van der Waals surface area contributed by atoms with E-state index in [0.29, 0.717) is 11.7 Å². The molecule has 0 amide bonds. The number of aryl methyl sites for hydroxylation is 1. The Morgan fingerprint density at radius 3 is 3.08 bits per heavy atom. The van der Waals surface area contributed by atoms with E-state index in [0.717, 1.165) is 12.0 Å². The first-order valence-corrected chi connectivity index (χ1v) is 4.76. The molecule has 1 nitrogen and oxygen atoms in total. The number of phenolic OH excluding ortho intramolecular Hbond substituents is 1. The van der Waals surface area contributed by atoms with Crippen LogP contribution < -0.4 is 0 Å². The van der Waals surface area contributed by atoms with Crippen molar-refractivity contribution >= 4 is 6.08 Å². The molecule has 0 fully saturated rings. The first-order chi connectivity index (χ1) is 6.27. The molecule has 0 bridgehead atoms. The van der Waals surface area contributed by atoms with Gasteiger partial charge in [0, 0.05) is 5.56 Å². The van der Waals surface area contributed by atoms with Gasteiger partial charge >= 0.3 is 0 Å². The quantitative estimate of drug-likeness (QED) is 0.641. The molecule has 0 saturated carbocycles. The van der Waals surface area contributed by atoms with E-state index >= 15 is 0 Å². The highest BCUT2D eigenvalue weighted by Gasteiger charge is 2.09. The van der Waals surface area contributed by atoms with Crippen LogP contribution in [-0.2, 0) is 6.42 Å². The fourth-order valence-corrected chi connectivity index (χ4v) is 1.75. The van der Waals surface area contributed by atoms with Gasteiger partial charge in [-0.2, -0.15) is 0 Å². The Morgan fingerprint density at radius 2 is 2.23 bits per heavy atom. The zero-order chi connectivity index (χ0) is 9.26. The molecule has 68 valence electrons. The van der Waals surface area contributed by atoms with Crippen molar-refractivity contribution in [1.29, 1.82) is 0 Å². The predicted octanol–water partition coefficient (Wildman–Crippen LogP) is 2.99. The summed E-state index contributed by atoms with van der Waals surface area (Å²) in [6.07, 6.45) is 6.46. The van der Waals surface area contributed by atoms with Crippen molar-refractivity contribution in [3.05, 3.63) is 35.4 Å². The zero-order valence-electron chi connectivity index (χ0n) is 7.83. The van der Waals surface area contributed by atoms with E-state index < -0.39 is 0 Å². The highest BCUT2D eigenvalue weighted by atomic mass is 16.3. The zero-order valence-corrected chi connectivity index (χ0v) is 7.83. The average molecular weight is 174 g/mol. The van der Waals surface area contributed by atoms with Crippen LogP contribution in [0.4, 0.5) is 0 Å². The molecule has 1 N–H and O–H groups in total. The maximum absolute atomic E-state index is 9.62. The van der Waals surface area contributed by atoms with Crippen molar-refractivity contribution in [1.82, 2.24) is 0 Å². The molecule has 0 saturated heterocycles. The van der Waals surface area contributed by atoms with Gasteiger partial charge in [0.15, 0.2) is 0 Å². The molecule has 0 heterocycles. The molecule has 1 aromatic carbocycles. The molecule has 2 rings (SSSR count). The number of hydrogen-bond donors (Lipinski definition) is 1. The van der Waals surface area contributed by atoms with E-state index in [1.54, 1.807) is 6.07 Å². The molecule has 1 aromatic rings. The first-order valence-electron chi connectivity index (χ1n) is 4.76. The van der Waals surface area contributed by atoms with E-state index in [1.165, 1.54) is 12.0 Å². The molecule has 1 aliphatic carbocycles. The van der Waals surface area contributed by atoms with Gasteiger partial charge in [-0.15, -0.1) is 0 Å². The van der Waals surface area contributed by atoms with Gasteiger partial charge in [0.2, 0.25) is 0 Å². The monoisotopic (exact) mass is 174 g/mol. The lowest BCUT2D eigenvalue weighted by atomic mass is 10.0. The van der Waals surface area contributed by atoms with Gasteiger partial charge in [0.05, 0.1) is 0 Å². The van der Waals surface area contributed by atoms with Crippen molar-refractivity contribution in [2.24, 2.45) is 5.92 Å². The lowest BCUT2D eigenvalue weighted by Gasteiger charge is -2.05. The Bertz CT molecular complexity index is 339. The topological polar surface area (TPSA) is 20.2 Å². The molecule has 1 heteroatoms. The third-order valence-electron chi connectivity index (χ3n) is 2.63. The highest BCUT2D eigenvalue weighted by Crippen LogP contribution is 2.28. The van der Waals surface area contributed by atoms with Crippen molar-refractivity contribution in [3.63, 3.8) is 0 Å². The van der Waals surface area contributed by atoms with E-state index in [2.05, 4.69) is 19.1 Å². The number of phenols is 1. The van der Waals surface area contributed by atoms with Gasteiger partial charge in [-0.25, -0.2) is 0 Å². The van der Waals surface area contributed by atoms with Crippen molar-refractivity contribution < 1.29 is 5.11 Å². The van der Waals surface area contributed by atoms with Crippen LogP contribution in [0.25, 0.3) is 6.08 Å². The van der Waals surface area contributed by atoms with Gasteiger partial charge in [-0.3, -0.25) is 0 Å². The Morgan fingerprint density at radius 1 is 1.38 bits per heavy atom. The van der Waals surface area contributed by atoms with Crippen LogP contribution in [0.5, 0.6) is 5.75 Å². The molecule has 1 atom stereocenters. The van der Waals surface area contributed by atoms with Gasteiger partial charge < -0.3 is 5.11 Å². The summed E-state index contributed by atoms with van der Waals surface area (Å²) in [5.74, 6) is 1.02. The van der Waals surface area contributed by atoms with Crippen LogP contribution in [-0.4, -0.2) is 5.11 Å². The lowest BCUT2D eigenvalue weighted by Crippen LogP contribution is -1.91. The van der Waals surface area contributed by atoms with Crippen LogP contribution >= 0.6 is 0 Å². The lowest BCUT2D eigenvalue weighted by molar-refractivity contribution is 0.473. The standard InChI is InChI=1S/C12H14O/c1-9-5-7-10-3-2-4-12(13)11(10)8-6-9/h2-4,6,8-9,13H,5,7H2,1H3. The molecular formula is C12H14O. The predicted molar refractivity (Wildman–Crippen MR) is 54.6 cm³/mol. The van der Waals surface area contributed by atoms with Crippen LogP contribution in [0.1, 0.15) is 24.5 Å². The highest BCUT2D eigenvalue weighted by molar-refractivity contribution is 5.61. The fourth-order valence-electron chi connectivity index (χ4n) is 1.75. The van der Waals surface area contributed by atoms with E-state index in [-0.39, 0.29) is 0 Å². The maximum atomic E-state index is 9.62. The van der Waals surface area contributed by atoms with Gasteiger partial charge in [0.25, 0.3) is 0 Å². The fraction of sp³-hybridized carbons (Fsp3) is 0.333. The molecular weight excluding hydrogens is 160 g/mol. The second kappa shape index (κ2) is 3.25. The SMILES string of the molecule is CC1C=Cc2c(O)cccc2CC1. The van der Waals surface area contributed by atoms with Gasteiger partial charge in [0.1, 0.15) is 5.75 Å². The summed E-state index contributed by atoms with van der Waals surface area (Å²) >= 11 is 0. The van der Waals surface area contributed by atoms with Crippen LogP contribution in [0.3, 0.4) is 0 Å². The minimum atomic E-state index is 0.405. The second-order valence-electron chi connectivity index (χ2n) is 3.73. The minimum absolute atomic E-state index is 0.405. The second-order valence-corrected chi connectivity index (χ2v) is 3.73. The molecule has 13 heavy (non-hydrogen) atoms. The molecule has 0 aliphatic heterocycles. The van der Waals surface area contributed by atoms with E-state index in [1.807, 2.05) is 12.1 Å². The van der Waals surface area contributed by atoms with Gasteiger partial charge in [-0.05, 0) is 30.4 Å². The average Bonchev–Trinajstić information content (AvgIpc) is 2.30. The summed E-state index contributed by atoms with van der Waals surface area (Å²) in [7, 11) is 0. The molecule has 0 spiro atoms. The molecule has 0 radical (unpaired) electrons. The normalized spacial score (nSPS) is 20.8. The van der Waals surface area contributed by atoms with Crippen molar-refractivity contribution in [2.45, 2.75) is 19.8 Å². The summed E-state index contributed by atoms with van der Waals surface area (Å²) in [6.45, 7) is 2.21. The largest absolute Gasteiger partial charge is 0.507 e. The molecule has 0 aromatic heterocycles. The van der Waals surface area contributed by atoms with Crippen molar-refractivity contribution in [2.75, 3.05) is 0 Å². The Balaban J connectivity index is 2.47. The maximum Gasteiger partial charge on any atom is 0.123 e. The van der Waals surface area contributed by atoms with Crippen LogP contribution in [0, 0.1) is 5.92 Å². The Kier molecular flexibility index (Phi) is 2.09. The number of fused-ring (bicyclic) bond motifs is 1. The van der Waals surface area contributed by atoms with E-state index in [4.69, 9.17) is 0 Å². The minimum Gasteiger partial charge on any atom is -0.507 e. The van der Waals surface area contributed by atoms with Gasteiger partial charge in [-0.1, -0.05) is 31.2 Å². The number of hydrogen-bond acceptors (Lipinski definition) is 1. The summed E-state index contributed by atoms with van der Waals surface area (Å²) in [5.41, 5.74) is 2.27. The van der Waals surface area contributed by atoms with Crippen LogP contribution in [0.2, 0.25) is 0 Å². The number of benzene rings is 1. The summed E-state index contributed by atoms with van der Waals surface area (Å²) in [4.78, 5) is 0. The third kappa shape index (κ3) is 1.59. The summed E-state index contributed by atoms with van der Waals surface area (Å²) in [6, 6.07) is 5.76. The van der Waals surface area contributed by atoms with Crippen LogP contribution in [0.15, 0.2) is 24.3 Å². The number of aromatic hydroxyl groups is 1. The molecule has 1 unspecified atom stereocenters. The summed E-state index contributed by atoms with van der Waals surface area (Å²) < 4.78 is 0. The third-order valence-corrected chi connectivity index (χ3v) is 2.63. The molecule has 1 aliphatic rings. The van der Waals surface area contributed by atoms with E-state index in [9.17, 15) is 5.11 Å². The Hall–Kier alpha value is -1.24. The summed E-state index contributed by atoms with van der Waals surface area (Å²) in [5, 5.41) is 9.62. The Labute approximate surface area is 78.7 Å².